The van der Waals surface area contributed by atoms with Crippen LogP contribution in [0.4, 0.5) is 10.5 Å². The van der Waals surface area contributed by atoms with Crippen molar-refractivity contribution in [3.63, 3.8) is 0 Å². The van der Waals surface area contributed by atoms with Crippen LogP contribution in [0.2, 0.25) is 0 Å². The molecule has 11 heteroatoms. The zero-order valence-corrected chi connectivity index (χ0v) is 12.0. The van der Waals surface area contributed by atoms with E-state index in [0.29, 0.717) is 11.4 Å². The van der Waals surface area contributed by atoms with Crippen molar-refractivity contribution in [2.45, 2.75) is 0 Å². The molecule has 2 heterocycles. The van der Waals surface area contributed by atoms with E-state index in [1.54, 1.807) is 35.9 Å². The Hall–Kier alpha value is -3.60. The van der Waals surface area contributed by atoms with Gasteiger partial charge in [-0.25, -0.2) is 9.79 Å². The number of barbiturate groups is 1. The number of aromatic amines is 1. The Balaban J connectivity index is 1.86. The Morgan fingerprint density at radius 3 is 2.33 bits per heavy atom. The first-order chi connectivity index (χ1) is 11.6. The Morgan fingerprint density at radius 2 is 1.79 bits per heavy atom. The number of hydroxylamine groups is 1. The first kappa shape index (κ1) is 15.3. The number of rotatable bonds is 3. The fourth-order valence-electron chi connectivity index (χ4n) is 2.11. The molecule has 0 bridgehead atoms. The molecule has 1 aliphatic rings. The van der Waals surface area contributed by atoms with E-state index in [4.69, 9.17) is 0 Å². The summed E-state index contributed by atoms with van der Waals surface area (Å²) in [5.41, 5.74) is 3.51. The van der Waals surface area contributed by atoms with Gasteiger partial charge in [0.25, 0.3) is 0 Å². The number of urea groups is 1. The molecule has 0 unspecified atom stereocenters. The zero-order valence-electron chi connectivity index (χ0n) is 12.0. The molecule has 0 aliphatic carbocycles. The first-order valence-corrected chi connectivity index (χ1v) is 6.69. The highest BCUT2D eigenvalue weighted by molar-refractivity contribution is 6.27. The Morgan fingerprint density at radius 1 is 1.12 bits per heavy atom. The fourth-order valence-corrected chi connectivity index (χ4v) is 2.11. The number of benzene rings is 1. The van der Waals surface area contributed by atoms with Crippen molar-refractivity contribution < 1.29 is 19.6 Å². The van der Waals surface area contributed by atoms with Crippen molar-refractivity contribution in [1.29, 1.82) is 0 Å². The minimum Gasteiger partial charge on any atom is -0.290 e. The number of amidine groups is 1. The number of aliphatic imine (C=N–C) groups is 1. The number of carbonyl (C=O) groups excluding carboxylic acids is 3. The lowest BCUT2D eigenvalue weighted by Gasteiger charge is -2.21. The van der Waals surface area contributed by atoms with E-state index in [0.717, 1.165) is 5.56 Å². The highest BCUT2D eigenvalue weighted by Crippen LogP contribution is 2.21. The summed E-state index contributed by atoms with van der Waals surface area (Å²) in [5.74, 6) is -3.55. The number of hydrogen-bond acceptors (Lipinski definition) is 7. The molecule has 1 aromatic heterocycles. The molecule has 0 atom stereocenters. The number of imide groups is 2. The standard InChI is InChI=1S/C13H11N7O4/c21-11-9(12(22)17-13(23)16-11)10(19-24)15-7-3-1-6(2-4-7)8-5-14-20-18-8/h1-5,9,24H,(H,15,19)(H,14,18,20)(H2,16,17,21,22,23). The maximum Gasteiger partial charge on any atom is 0.328 e. The maximum absolute atomic E-state index is 11.8. The lowest BCUT2D eigenvalue weighted by atomic mass is 10.0. The van der Waals surface area contributed by atoms with Gasteiger partial charge >= 0.3 is 6.03 Å². The number of aromatic nitrogens is 3. The summed E-state index contributed by atoms with van der Waals surface area (Å²) in [5, 5.41) is 23.2. The van der Waals surface area contributed by atoms with Gasteiger partial charge in [-0.15, -0.1) is 0 Å². The molecule has 11 nitrogen and oxygen atoms in total. The van der Waals surface area contributed by atoms with E-state index in [1.807, 2.05) is 10.6 Å². The van der Waals surface area contributed by atoms with Crippen LogP contribution in [0.1, 0.15) is 0 Å². The molecule has 3 rings (SSSR count). The summed E-state index contributed by atoms with van der Waals surface area (Å²) in [6, 6.07) is 5.69. The van der Waals surface area contributed by atoms with Gasteiger partial charge in [0.2, 0.25) is 11.8 Å². The summed E-state index contributed by atoms with van der Waals surface area (Å²) in [6.07, 6.45) is 1.55. The molecule has 5 N–H and O–H groups in total. The third-order valence-corrected chi connectivity index (χ3v) is 3.21. The van der Waals surface area contributed by atoms with Crippen molar-refractivity contribution in [3.05, 3.63) is 30.5 Å². The minimum atomic E-state index is -1.47. The topological polar surface area (TPSA) is 161 Å². The summed E-state index contributed by atoms with van der Waals surface area (Å²) < 4.78 is 0. The van der Waals surface area contributed by atoms with E-state index in [9.17, 15) is 19.6 Å². The fraction of sp³-hybridized carbons (Fsp3) is 0.0769. The smallest absolute Gasteiger partial charge is 0.290 e. The molecule has 1 fully saturated rings. The average molecular weight is 329 g/mol. The van der Waals surface area contributed by atoms with Gasteiger partial charge in [-0.3, -0.25) is 30.9 Å². The van der Waals surface area contributed by atoms with Gasteiger partial charge in [-0.2, -0.15) is 15.4 Å². The Labute approximate surface area is 134 Å². The first-order valence-electron chi connectivity index (χ1n) is 6.69. The largest absolute Gasteiger partial charge is 0.328 e. The van der Waals surface area contributed by atoms with E-state index in [-0.39, 0.29) is 5.84 Å². The normalized spacial score (nSPS) is 15.9. The van der Waals surface area contributed by atoms with E-state index >= 15 is 0 Å². The second kappa shape index (κ2) is 6.26. The van der Waals surface area contributed by atoms with Crippen LogP contribution in [0.15, 0.2) is 35.5 Å². The quantitative estimate of drug-likeness (QED) is 0.219. The molecular formula is C13H11N7O4. The van der Waals surface area contributed by atoms with Crippen molar-refractivity contribution in [2.75, 3.05) is 0 Å². The number of hydrogen-bond donors (Lipinski definition) is 5. The number of H-pyrrole nitrogens is 1. The van der Waals surface area contributed by atoms with Gasteiger partial charge in [0.15, 0.2) is 5.92 Å². The predicted octanol–water partition coefficient (Wildman–Crippen LogP) is -0.537. The van der Waals surface area contributed by atoms with E-state index in [1.165, 1.54) is 0 Å². The van der Waals surface area contributed by atoms with Crippen LogP contribution in [0.5, 0.6) is 0 Å². The summed E-state index contributed by atoms with van der Waals surface area (Å²) >= 11 is 0. The molecule has 1 saturated heterocycles. The van der Waals surface area contributed by atoms with Crippen molar-refractivity contribution in [2.24, 2.45) is 10.9 Å². The van der Waals surface area contributed by atoms with Crippen LogP contribution >= 0.6 is 0 Å². The second-order valence-electron chi connectivity index (χ2n) is 4.75. The average Bonchev–Trinajstić information content (AvgIpc) is 3.08. The van der Waals surface area contributed by atoms with Crippen LogP contribution in [-0.4, -0.2) is 44.3 Å². The minimum absolute atomic E-state index is 0.313. The van der Waals surface area contributed by atoms with Gasteiger partial charge in [0.05, 0.1) is 11.9 Å². The van der Waals surface area contributed by atoms with E-state index in [2.05, 4.69) is 20.4 Å². The SMILES string of the molecule is O=C1NC(=O)C(C(=Nc2ccc(-c3cn[nH]n3)cc2)NO)C(=O)N1. The van der Waals surface area contributed by atoms with Crippen LogP contribution < -0.4 is 16.1 Å². The van der Waals surface area contributed by atoms with Gasteiger partial charge in [0, 0.05) is 5.56 Å². The number of carbonyl (C=O) groups is 3. The number of amides is 4. The molecule has 0 radical (unpaired) electrons. The molecule has 24 heavy (non-hydrogen) atoms. The van der Waals surface area contributed by atoms with Gasteiger partial charge in [0.1, 0.15) is 11.5 Å². The Kier molecular flexibility index (Phi) is 3.99. The monoisotopic (exact) mass is 329 g/mol. The van der Waals surface area contributed by atoms with Crippen molar-refractivity contribution in [3.8, 4) is 11.3 Å². The Bertz CT molecular complexity index is 793. The maximum atomic E-state index is 11.8. The molecule has 0 saturated carbocycles. The van der Waals surface area contributed by atoms with Crippen LogP contribution in [0, 0.1) is 5.92 Å². The molecular weight excluding hydrogens is 318 g/mol. The number of nitrogens with one attached hydrogen (secondary N) is 4. The highest BCUT2D eigenvalue weighted by Gasteiger charge is 2.38. The van der Waals surface area contributed by atoms with Gasteiger partial charge in [-0.1, -0.05) is 12.1 Å². The third-order valence-electron chi connectivity index (χ3n) is 3.21. The summed E-state index contributed by atoms with van der Waals surface area (Å²) in [6.45, 7) is 0. The van der Waals surface area contributed by atoms with Crippen LogP contribution in [-0.2, 0) is 9.59 Å². The van der Waals surface area contributed by atoms with Crippen molar-refractivity contribution in [1.82, 2.24) is 31.5 Å². The second-order valence-corrected chi connectivity index (χ2v) is 4.75. The molecule has 1 aliphatic heterocycles. The molecule has 4 amide bonds. The number of nitrogens with zero attached hydrogens (tertiary/aromatic N) is 3. The summed E-state index contributed by atoms with van der Waals surface area (Å²) in [4.78, 5) is 38.6. The van der Waals surface area contributed by atoms with Gasteiger partial charge in [-0.05, 0) is 12.1 Å². The zero-order chi connectivity index (χ0) is 17.1. The van der Waals surface area contributed by atoms with Gasteiger partial charge < -0.3 is 0 Å². The third kappa shape index (κ3) is 2.96. The summed E-state index contributed by atoms with van der Waals surface area (Å²) in [7, 11) is 0. The lowest BCUT2D eigenvalue weighted by molar-refractivity contribution is -0.133. The molecule has 2 aromatic rings. The highest BCUT2D eigenvalue weighted by atomic mass is 16.5. The van der Waals surface area contributed by atoms with Crippen molar-refractivity contribution >= 4 is 29.4 Å². The molecule has 1 aromatic carbocycles. The molecule has 0 spiro atoms. The van der Waals surface area contributed by atoms with E-state index < -0.39 is 23.8 Å². The van der Waals surface area contributed by atoms with Crippen LogP contribution in [0.3, 0.4) is 0 Å². The lowest BCUT2D eigenvalue weighted by Crippen LogP contribution is -2.59. The predicted molar refractivity (Wildman–Crippen MR) is 79.0 cm³/mol. The molecule has 122 valence electrons. The van der Waals surface area contributed by atoms with Crippen LogP contribution in [0.25, 0.3) is 11.3 Å².